The third-order valence-electron chi connectivity index (χ3n) is 3.94. The number of amides is 1. The van der Waals surface area contributed by atoms with Crippen LogP contribution in [0.25, 0.3) is 0 Å². The summed E-state index contributed by atoms with van der Waals surface area (Å²) in [6.45, 7) is 0.759. The normalized spacial score (nSPS) is 10.6. The van der Waals surface area contributed by atoms with Gasteiger partial charge in [0.1, 0.15) is 5.82 Å². The molecule has 1 amide bonds. The van der Waals surface area contributed by atoms with Crippen molar-refractivity contribution >= 4 is 11.6 Å². The second-order valence-corrected chi connectivity index (χ2v) is 5.90. The van der Waals surface area contributed by atoms with E-state index in [0.29, 0.717) is 18.5 Å². The molecule has 0 aliphatic heterocycles. The zero-order chi connectivity index (χ0) is 17.5. The van der Waals surface area contributed by atoms with Crippen LogP contribution in [0.2, 0.25) is 0 Å². The van der Waals surface area contributed by atoms with Gasteiger partial charge in [0.15, 0.2) is 0 Å². The van der Waals surface area contributed by atoms with Gasteiger partial charge in [0.25, 0.3) is 0 Å². The van der Waals surface area contributed by atoms with Crippen molar-refractivity contribution in [1.82, 2.24) is 9.78 Å². The van der Waals surface area contributed by atoms with E-state index in [0.717, 1.165) is 18.5 Å². The first-order valence-corrected chi connectivity index (χ1v) is 8.30. The quantitative estimate of drug-likeness (QED) is 0.712. The molecule has 1 N–H and O–H groups in total. The molecule has 128 valence electrons. The van der Waals surface area contributed by atoms with Gasteiger partial charge >= 0.3 is 0 Å². The van der Waals surface area contributed by atoms with Crippen LogP contribution in [0.3, 0.4) is 0 Å². The first kappa shape index (κ1) is 16.9. The summed E-state index contributed by atoms with van der Waals surface area (Å²) >= 11 is 0. The van der Waals surface area contributed by atoms with Crippen molar-refractivity contribution in [2.45, 2.75) is 25.8 Å². The lowest BCUT2D eigenvalue weighted by molar-refractivity contribution is -0.116. The maximum Gasteiger partial charge on any atom is 0.224 e. The number of aryl methyl sites for hydroxylation is 3. The van der Waals surface area contributed by atoms with E-state index in [-0.39, 0.29) is 11.7 Å². The number of rotatable bonds is 7. The molecule has 0 radical (unpaired) electrons. The van der Waals surface area contributed by atoms with Gasteiger partial charge in [0.2, 0.25) is 5.91 Å². The van der Waals surface area contributed by atoms with Crippen LogP contribution in [0.1, 0.15) is 17.5 Å². The highest BCUT2D eigenvalue weighted by atomic mass is 19.1. The molecule has 0 saturated carbocycles. The van der Waals surface area contributed by atoms with Crippen LogP contribution in [-0.2, 0) is 24.2 Å². The predicted molar refractivity (Wildman–Crippen MR) is 95.7 cm³/mol. The first-order chi connectivity index (χ1) is 12.2. The van der Waals surface area contributed by atoms with E-state index in [2.05, 4.69) is 22.5 Å². The minimum Gasteiger partial charge on any atom is -0.323 e. The van der Waals surface area contributed by atoms with E-state index in [1.165, 1.54) is 17.7 Å². The number of nitrogens with one attached hydrogen (secondary N) is 1. The van der Waals surface area contributed by atoms with Crippen molar-refractivity contribution in [3.63, 3.8) is 0 Å². The topological polar surface area (TPSA) is 46.9 Å². The van der Waals surface area contributed by atoms with Gasteiger partial charge < -0.3 is 5.32 Å². The number of anilines is 1. The van der Waals surface area contributed by atoms with Crippen LogP contribution in [-0.4, -0.2) is 15.7 Å². The Kier molecular flexibility index (Phi) is 5.57. The highest BCUT2D eigenvalue weighted by molar-refractivity contribution is 5.90. The van der Waals surface area contributed by atoms with E-state index >= 15 is 0 Å². The molecule has 25 heavy (non-hydrogen) atoms. The molecule has 0 saturated heterocycles. The Morgan fingerprint density at radius 3 is 2.48 bits per heavy atom. The van der Waals surface area contributed by atoms with Gasteiger partial charge in [-0.15, -0.1) is 0 Å². The zero-order valence-electron chi connectivity index (χ0n) is 13.9. The first-order valence-electron chi connectivity index (χ1n) is 8.30. The number of hydrogen-bond acceptors (Lipinski definition) is 2. The van der Waals surface area contributed by atoms with Gasteiger partial charge in [-0.05, 0) is 36.1 Å². The Bertz CT molecular complexity index is 812. The number of aromatic nitrogens is 2. The van der Waals surface area contributed by atoms with Gasteiger partial charge in [0.05, 0.1) is 11.9 Å². The summed E-state index contributed by atoms with van der Waals surface area (Å²) in [6.07, 6.45) is 5.30. The standard InChI is InChI=1S/C20H20FN3O/c21-18-9-6-17(7-10-18)8-11-20(25)23-19-14-22-24(15-19)13-12-16-4-2-1-3-5-16/h1-7,9-10,14-15H,8,11-13H2,(H,23,25). The molecule has 0 aliphatic rings. The lowest BCUT2D eigenvalue weighted by atomic mass is 10.1. The average Bonchev–Trinajstić information content (AvgIpc) is 3.08. The minimum atomic E-state index is -0.267. The molecule has 0 aliphatic carbocycles. The fourth-order valence-electron chi connectivity index (χ4n) is 2.57. The van der Waals surface area contributed by atoms with Crippen molar-refractivity contribution in [2.24, 2.45) is 0 Å². The van der Waals surface area contributed by atoms with E-state index in [1.807, 2.05) is 29.1 Å². The third kappa shape index (κ3) is 5.28. The second kappa shape index (κ2) is 8.24. The molecule has 3 rings (SSSR count). The number of hydrogen-bond donors (Lipinski definition) is 1. The smallest absolute Gasteiger partial charge is 0.224 e. The van der Waals surface area contributed by atoms with Crippen molar-refractivity contribution in [2.75, 3.05) is 5.32 Å². The molecule has 0 bridgehead atoms. The average molecular weight is 337 g/mol. The van der Waals surface area contributed by atoms with Crippen molar-refractivity contribution in [3.05, 3.63) is 83.9 Å². The lowest BCUT2D eigenvalue weighted by Gasteiger charge is -2.03. The van der Waals surface area contributed by atoms with Crippen molar-refractivity contribution in [1.29, 1.82) is 0 Å². The Balaban J connectivity index is 1.45. The van der Waals surface area contributed by atoms with Gasteiger partial charge in [0, 0.05) is 19.2 Å². The molecule has 3 aromatic rings. The van der Waals surface area contributed by atoms with Crippen LogP contribution < -0.4 is 5.32 Å². The minimum absolute atomic E-state index is 0.0769. The van der Waals surface area contributed by atoms with Crippen LogP contribution in [0.5, 0.6) is 0 Å². The summed E-state index contributed by atoms with van der Waals surface area (Å²) < 4.78 is 14.7. The third-order valence-corrected chi connectivity index (χ3v) is 3.94. The largest absolute Gasteiger partial charge is 0.323 e. The monoisotopic (exact) mass is 337 g/mol. The molecule has 0 spiro atoms. The maximum atomic E-state index is 12.9. The highest BCUT2D eigenvalue weighted by Crippen LogP contribution is 2.10. The van der Waals surface area contributed by atoms with Crippen molar-refractivity contribution < 1.29 is 9.18 Å². The second-order valence-electron chi connectivity index (χ2n) is 5.90. The fourth-order valence-corrected chi connectivity index (χ4v) is 2.57. The summed E-state index contributed by atoms with van der Waals surface area (Å²) in [5, 5.41) is 7.12. The molecule has 1 aromatic heterocycles. The van der Waals surface area contributed by atoms with Crippen LogP contribution in [0.15, 0.2) is 67.0 Å². The lowest BCUT2D eigenvalue weighted by Crippen LogP contribution is -2.12. The summed E-state index contributed by atoms with van der Waals surface area (Å²) in [6, 6.07) is 16.4. The highest BCUT2D eigenvalue weighted by Gasteiger charge is 2.06. The number of carbonyl (C=O) groups excluding carboxylic acids is 1. The van der Waals surface area contributed by atoms with Gasteiger partial charge in [-0.1, -0.05) is 42.5 Å². The summed E-state index contributed by atoms with van der Waals surface area (Å²) in [5.74, 6) is -0.344. The summed E-state index contributed by atoms with van der Waals surface area (Å²) in [5.41, 5.74) is 2.88. The van der Waals surface area contributed by atoms with Gasteiger partial charge in [-0.2, -0.15) is 5.10 Å². The molecule has 0 unspecified atom stereocenters. The zero-order valence-corrected chi connectivity index (χ0v) is 13.9. The number of nitrogens with zero attached hydrogens (tertiary/aromatic N) is 2. The number of halogens is 1. The summed E-state index contributed by atoms with van der Waals surface area (Å²) in [7, 11) is 0. The molecule has 2 aromatic carbocycles. The summed E-state index contributed by atoms with van der Waals surface area (Å²) in [4.78, 5) is 12.0. The number of carbonyl (C=O) groups is 1. The Hall–Kier alpha value is -2.95. The van der Waals surface area contributed by atoms with Crippen molar-refractivity contribution in [3.8, 4) is 0 Å². The van der Waals surface area contributed by atoms with E-state index in [9.17, 15) is 9.18 Å². The van der Waals surface area contributed by atoms with Crippen LogP contribution in [0.4, 0.5) is 10.1 Å². The molecule has 0 atom stereocenters. The predicted octanol–water partition coefficient (Wildman–Crippen LogP) is 3.84. The molecule has 0 fully saturated rings. The van der Waals surface area contributed by atoms with E-state index in [4.69, 9.17) is 0 Å². The van der Waals surface area contributed by atoms with Gasteiger partial charge in [-0.25, -0.2) is 4.39 Å². The maximum absolute atomic E-state index is 12.9. The Labute approximate surface area is 146 Å². The van der Waals surface area contributed by atoms with Crippen LogP contribution in [0, 0.1) is 5.82 Å². The molecular formula is C20H20FN3O. The number of benzene rings is 2. The van der Waals surface area contributed by atoms with Gasteiger partial charge in [-0.3, -0.25) is 9.48 Å². The molecule has 1 heterocycles. The van der Waals surface area contributed by atoms with E-state index in [1.54, 1.807) is 18.3 Å². The molecule has 4 nitrogen and oxygen atoms in total. The molecule has 5 heteroatoms. The molecular weight excluding hydrogens is 317 g/mol. The SMILES string of the molecule is O=C(CCc1ccc(F)cc1)Nc1cnn(CCc2ccccc2)c1. The van der Waals surface area contributed by atoms with E-state index < -0.39 is 0 Å². The fraction of sp³-hybridized carbons (Fsp3) is 0.200. The van der Waals surface area contributed by atoms with Crippen LogP contribution >= 0.6 is 0 Å². The Morgan fingerprint density at radius 2 is 1.72 bits per heavy atom. The Morgan fingerprint density at radius 1 is 1.00 bits per heavy atom.